The van der Waals surface area contributed by atoms with Crippen molar-refractivity contribution >= 4 is 38.2 Å². The van der Waals surface area contributed by atoms with Gasteiger partial charge in [0.05, 0.1) is 4.90 Å². The number of amides is 2. The molecular weight excluding hydrogens is 493 g/mol. The number of carbonyl (C=O) groups is 2. The Labute approximate surface area is 214 Å². The molecule has 5 rings (SSSR count). The van der Waals surface area contributed by atoms with Gasteiger partial charge in [-0.3, -0.25) is 9.59 Å². The highest BCUT2D eigenvalue weighted by molar-refractivity contribution is 7.90. The van der Waals surface area contributed by atoms with Gasteiger partial charge in [0, 0.05) is 41.5 Å². The van der Waals surface area contributed by atoms with Crippen LogP contribution < -0.4 is 5.32 Å². The standard InChI is InChI=1S/C28H26FN3O4S/c1-37(35,36)24-4-2-3-20(16-24)27(33)30-23-8-5-18(6-9-23)19-11-13-32(14-12-19)28(34)26-17-21-15-22(29)7-10-25(21)31-26/h2-10,15-17,19,31H,11-14H2,1H3,(H,30,33). The third kappa shape index (κ3) is 5.41. The lowest BCUT2D eigenvalue weighted by Crippen LogP contribution is -2.38. The molecule has 37 heavy (non-hydrogen) atoms. The zero-order chi connectivity index (χ0) is 26.2. The summed E-state index contributed by atoms with van der Waals surface area (Å²) in [5, 5.41) is 3.48. The third-order valence-electron chi connectivity index (χ3n) is 6.76. The van der Waals surface area contributed by atoms with Crippen LogP contribution in [-0.2, 0) is 9.84 Å². The summed E-state index contributed by atoms with van der Waals surface area (Å²) in [5.41, 5.74) is 3.20. The molecule has 7 nitrogen and oxygen atoms in total. The van der Waals surface area contributed by atoms with Crippen molar-refractivity contribution in [3.63, 3.8) is 0 Å². The monoisotopic (exact) mass is 519 g/mol. The van der Waals surface area contributed by atoms with Crippen LogP contribution in [0.5, 0.6) is 0 Å². The molecule has 9 heteroatoms. The van der Waals surface area contributed by atoms with Crippen molar-refractivity contribution in [1.29, 1.82) is 0 Å². The van der Waals surface area contributed by atoms with Crippen LogP contribution in [0, 0.1) is 5.82 Å². The topological polar surface area (TPSA) is 99.3 Å². The first-order valence-electron chi connectivity index (χ1n) is 12.0. The van der Waals surface area contributed by atoms with Gasteiger partial charge in [-0.15, -0.1) is 0 Å². The maximum absolute atomic E-state index is 13.5. The number of sulfone groups is 1. The van der Waals surface area contributed by atoms with Gasteiger partial charge < -0.3 is 15.2 Å². The number of H-pyrrole nitrogens is 1. The second-order valence-electron chi connectivity index (χ2n) is 9.36. The first kappa shape index (κ1) is 24.7. The fourth-order valence-electron chi connectivity index (χ4n) is 4.71. The predicted octanol–water partition coefficient (Wildman–Crippen LogP) is 4.98. The Hall–Kier alpha value is -3.98. The zero-order valence-corrected chi connectivity index (χ0v) is 21.0. The maximum atomic E-state index is 13.5. The van der Waals surface area contributed by atoms with E-state index in [0.717, 1.165) is 30.2 Å². The number of hydrogen-bond acceptors (Lipinski definition) is 4. The fourth-order valence-corrected chi connectivity index (χ4v) is 5.38. The molecule has 1 saturated heterocycles. The summed E-state index contributed by atoms with van der Waals surface area (Å²) in [6, 6.07) is 19.6. The van der Waals surface area contributed by atoms with Crippen LogP contribution in [0.3, 0.4) is 0 Å². The number of nitrogens with one attached hydrogen (secondary N) is 2. The highest BCUT2D eigenvalue weighted by Gasteiger charge is 2.25. The SMILES string of the molecule is CS(=O)(=O)c1cccc(C(=O)Nc2ccc(C3CCN(C(=O)c4cc5cc(F)ccc5[nH]4)CC3)cc2)c1. The summed E-state index contributed by atoms with van der Waals surface area (Å²) in [4.78, 5) is 30.6. The molecule has 2 amide bonds. The van der Waals surface area contributed by atoms with Crippen LogP contribution in [0.2, 0.25) is 0 Å². The summed E-state index contributed by atoms with van der Waals surface area (Å²) >= 11 is 0. The molecule has 1 aliphatic rings. The molecule has 1 fully saturated rings. The van der Waals surface area contributed by atoms with E-state index in [9.17, 15) is 22.4 Å². The van der Waals surface area contributed by atoms with Gasteiger partial charge in [-0.05, 0) is 78.9 Å². The van der Waals surface area contributed by atoms with Crippen LogP contribution in [0.15, 0.2) is 77.7 Å². The van der Waals surface area contributed by atoms with E-state index in [2.05, 4.69) is 10.3 Å². The summed E-state index contributed by atoms with van der Waals surface area (Å²) in [6.07, 6.45) is 2.72. The van der Waals surface area contributed by atoms with Gasteiger partial charge in [0.15, 0.2) is 9.84 Å². The molecule has 0 unspecified atom stereocenters. The van der Waals surface area contributed by atoms with E-state index in [4.69, 9.17) is 0 Å². The van der Waals surface area contributed by atoms with Gasteiger partial charge in [-0.2, -0.15) is 0 Å². The van der Waals surface area contributed by atoms with Crippen molar-refractivity contribution < 1.29 is 22.4 Å². The quantitative estimate of drug-likeness (QED) is 0.388. The highest BCUT2D eigenvalue weighted by atomic mass is 32.2. The van der Waals surface area contributed by atoms with E-state index < -0.39 is 9.84 Å². The van der Waals surface area contributed by atoms with Crippen molar-refractivity contribution in [2.24, 2.45) is 0 Å². The maximum Gasteiger partial charge on any atom is 0.270 e. The molecule has 0 atom stereocenters. The second-order valence-corrected chi connectivity index (χ2v) is 11.4. The Balaban J connectivity index is 1.19. The smallest absolute Gasteiger partial charge is 0.270 e. The summed E-state index contributed by atoms with van der Waals surface area (Å²) in [5.74, 6) is -0.520. The number of aromatic nitrogens is 1. The number of rotatable bonds is 5. The number of carbonyl (C=O) groups excluding carboxylic acids is 2. The number of piperidine rings is 1. The number of fused-ring (bicyclic) bond motifs is 1. The number of nitrogens with zero attached hydrogens (tertiary/aromatic N) is 1. The van der Waals surface area contributed by atoms with E-state index in [1.807, 2.05) is 29.2 Å². The van der Waals surface area contributed by atoms with Crippen LogP contribution in [0.1, 0.15) is 45.2 Å². The zero-order valence-electron chi connectivity index (χ0n) is 20.2. The van der Waals surface area contributed by atoms with Crippen LogP contribution in [0.4, 0.5) is 10.1 Å². The van der Waals surface area contributed by atoms with E-state index in [0.29, 0.717) is 29.9 Å². The number of benzene rings is 3. The van der Waals surface area contributed by atoms with E-state index in [-0.39, 0.29) is 34.0 Å². The molecule has 190 valence electrons. The fraction of sp³-hybridized carbons (Fsp3) is 0.214. The molecule has 0 saturated carbocycles. The number of aromatic amines is 1. The molecule has 4 aromatic rings. The summed E-state index contributed by atoms with van der Waals surface area (Å²) in [6.45, 7) is 1.23. The van der Waals surface area contributed by atoms with Gasteiger partial charge in [0.25, 0.3) is 11.8 Å². The average molecular weight is 520 g/mol. The van der Waals surface area contributed by atoms with Gasteiger partial charge in [-0.25, -0.2) is 12.8 Å². The van der Waals surface area contributed by atoms with Crippen molar-refractivity contribution in [3.8, 4) is 0 Å². The second kappa shape index (κ2) is 9.82. The average Bonchev–Trinajstić information content (AvgIpc) is 3.32. The van der Waals surface area contributed by atoms with Crippen LogP contribution in [-0.4, -0.2) is 49.5 Å². The van der Waals surface area contributed by atoms with Gasteiger partial charge in [0.2, 0.25) is 0 Å². The van der Waals surface area contributed by atoms with Crippen molar-refractivity contribution in [3.05, 3.63) is 95.4 Å². The molecular formula is C28H26FN3O4S. The Morgan fingerprint density at radius 3 is 2.41 bits per heavy atom. The molecule has 0 aliphatic carbocycles. The molecule has 0 radical (unpaired) electrons. The van der Waals surface area contributed by atoms with Crippen molar-refractivity contribution in [1.82, 2.24) is 9.88 Å². The normalized spacial score (nSPS) is 14.6. The molecule has 0 spiro atoms. The molecule has 0 bridgehead atoms. The van der Waals surface area contributed by atoms with Gasteiger partial charge in [-0.1, -0.05) is 18.2 Å². The third-order valence-corrected chi connectivity index (χ3v) is 7.87. The van der Waals surface area contributed by atoms with Crippen molar-refractivity contribution in [2.45, 2.75) is 23.7 Å². The minimum Gasteiger partial charge on any atom is -0.351 e. The van der Waals surface area contributed by atoms with E-state index in [1.54, 1.807) is 24.3 Å². The van der Waals surface area contributed by atoms with Crippen LogP contribution >= 0.6 is 0 Å². The Kier molecular flexibility index (Phi) is 6.55. The number of hydrogen-bond donors (Lipinski definition) is 2. The summed E-state index contributed by atoms with van der Waals surface area (Å²) < 4.78 is 37.0. The lowest BCUT2D eigenvalue weighted by molar-refractivity contribution is 0.0708. The minimum atomic E-state index is -3.40. The first-order valence-corrected chi connectivity index (χ1v) is 13.9. The largest absolute Gasteiger partial charge is 0.351 e. The number of likely N-dealkylation sites (tertiary alicyclic amines) is 1. The predicted molar refractivity (Wildman–Crippen MR) is 140 cm³/mol. The number of anilines is 1. The molecule has 3 aromatic carbocycles. The van der Waals surface area contributed by atoms with E-state index in [1.165, 1.54) is 24.3 Å². The minimum absolute atomic E-state index is 0.0898. The lowest BCUT2D eigenvalue weighted by atomic mass is 9.89. The van der Waals surface area contributed by atoms with E-state index >= 15 is 0 Å². The number of halogens is 1. The summed E-state index contributed by atoms with van der Waals surface area (Å²) in [7, 11) is -3.40. The molecule has 2 N–H and O–H groups in total. The van der Waals surface area contributed by atoms with Gasteiger partial charge >= 0.3 is 0 Å². The Bertz CT molecular complexity index is 1590. The van der Waals surface area contributed by atoms with Crippen LogP contribution in [0.25, 0.3) is 10.9 Å². The Morgan fingerprint density at radius 2 is 1.70 bits per heavy atom. The molecule has 2 heterocycles. The molecule has 1 aromatic heterocycles. The van der Waals surface area contributed by atoms with Gasteiger partial charge in [0.1, 0.15) is 11.5 Å². The first-order chi connectivity index (χ1) is 17.7. The van der Waals surface area contributed by atoms with Crippen molar-refractivity contribution in [2.75, 3.05) is 24.7 Å². The highest BCUT2D eigenvalue weighted by Crippen LogP contribution is 2.30. The Morgan fingerprint density at radius 1 is 0.973 bits per heavy atom. The lowest BCUT2D eigenvalue weighted by Gasteiger charge is -2.32. The molecule has 1 aliphatic heterocycles.